The maximum Gasteiger partial charge on any atom is 0.573 e. The molecule has 0 saturated heterocycles. The summed E-state index contributed by atoms with van der Waals surface area (Å²) in [4.78, 5) is 0. The second-order valence-electron chi connectivity index (χ2n) is 4.12. The van der Waals surface area contributed by atoms with Gasteiger partial charge in [0.1, 0.15) is 5.75 Å². The standard InChI is InChI=1S/C14H12F3NO/c1-9-4-2-3-5-11(9)12-8-10(18)6-7-13(12)19-14(15,16)17/h2-8H,18H2,1H3. The number of aryl methyl sites for hydroxylation is 1. The predicted octanol–water partition coefficient (Wildman–Crippen LogP) is 4.14. The Hall–Kier alpha value is -2.17. The first-order chi connectivity index (χ1) is 8.87. The highest BCUT2D eigenvalue weighted by Crippen LogP contribution is 2.36. The van der Waals surface area contributed by atoms with Gasteiger partial charge in [-0.05, 0) is 36.2 Å². The van der Waals surface area contributed by atoms with E-state index in [1.807, 2.05) is 19.1 Å². The molecule has 0 spiro atoms. The number of nitrogen functional groups attached to an aromatic ring is 1. The van der Waals surface area contributed by atoms with Gasteiger partial charge in [-0.25, -0.2) is 0 Å². The third-order valence-corrected chi connectivity index (χ3v) is 2.66. The van der Waals surface area contributed by atoms with Gasteiger partial charge in [0.05, 0.1) is 0 Å². The molecule has 19 heavy (non-hydrogen) atoms. The normalized spacial score (nSPS) is 11.4. The summed E-state index contributed by atoms with van der Waals surface area (Å²) in [6.07, 6.45) is -4.73. The van der Waals surface area contributed by atoms with Crippen LogP contribution in [0.1, 0.15) is 5.56 Å². The maximum absolute atomic E-state index is 12.4. The Morgan fingerprint density at radius 1 is 1.00 bits per heavy atom. The molecule has 0 aliphatic carbocycles. The van der Waals surface area contributed by atoms with Crippen molar-refractivity contribution in [1.29, 1.82) is 0 Å². The Balaban J connectivity index is 2.55. The maximum atomic E-state index is 12.4. The highest BCUT2D eigenvalue weighted by molar-refractivity contribution is 5.76. The van der Waals surface area contributed by atoms with Gasteiger partial charge in [0.15, 0.2) is 0 Å². The minimum Gasteiger partial charge on any atom is -0.405 e. The van der Waals surface area contributed by atoms with Crippen molar-refractivity contribution in [3.63, 3.8) is 0 Å². The lowest BCUT2D eigenvalue weighted by Crippen LogP contribution is -2.17. The molecule has 0 bridgehead atoms. The van der Waals surface area contributed by atoms with Gasteiger partial charge in [0.2, 0.25) is 0 Å². The molecule has 2 nitrogen and oxygen atoms in total. The lowest BCUT2D eigenvalue weighted by atomic mass is 9.99. The second kappa shape index (κ2) is 4.84. The molecule has 0 unspecified atom stereocenters. The van der Waals surface area contributed by atoms with Gasteiger partial charge in [-0.15, -0.1) is 13.2 Å². The molecule has 0 aromatic heterocycles. The zero-order valence-electron chi connectivity index (χ0n) is 10.2. The first-order valence-electron chi connectivity index (χ1n) is 5.58. The minimum atomic E-state index is -4.73. The van der Waals surface area contributed by atoms with E-state index in [9.17, 15) is 13.2 Å². The number of alkyl halides is 3. The Bertz CT molecular complexity index is 593. The molecule has 100 valence electrons. The number of benzene rings is 2. The Morgan fingerprint density at radius 3 is 2.32 bits per heavy atom. The third-order valence-electron chi connectivity index (χ3n) is 2.66. The summed E-state index contributed by atoms with van der Waals surface area (Å²) < 4.78 is 41.2. The summed E-state index contributed by atoms with van der Waals surface area (Å²) in [6, 6.07) is 11.2. The number of hydrogen-bond acceptors (Lipinski definition) is 2. The van der Waals surface area contributed by atoms with E-state index in [-0.39, 0.29) is 5.75 Å². The fourth-order valence-electron chi connectivity index (χ4n) is 1.85. The Kier molecular flexibility index (Phi) is 3.38. The van der Waals surface area contributed by atoms with Crippen molar-refractivity contribution in [2.45, 2.75) is 13.3 Å². The average Bonchev–Trinajstić information content (AvgIpc) is 2.31. The van der Waals surface area contributed by atoms with Crippen LogP contribution in [0.4, 0.5) is 18.9 Å². The molecule has 0 amide bonds. The van der Waals surface area contributed by atoms with E-state index >= 15 is 0 Å². The first kappa shape index (κ1) is 13.3. The van der Waals surface area contributed by atoms with E-state index in [1.165, 1.54) is 18.2 Å². The van der Waals surface area contributed by atoms with Crippen LogP contribution in [0.25, 0.3) is 11.1 Å². The zero-order valence-corrected chi connectivity index (χ0v) is 10.2. The highest BCUT2D eigenvalue weighted by Gasteiger charge is 2.32. The van der Waals surface area contributed by atoms with Crippen LogP contribution in [0.15, 0.2) is 42.5 Å². The van der Waals surface area contributed by atoms with E-state index in [1.54, 1.807) is 12.1 Å². The first-order valence-corrected chi connectivity index (χ1v) is 5.58. The summed E-state index contributed by atoms with van der Waals surface area (Å²) in [6.45, 7) is 1.82. The zero-order chi connectivity index (χ0) is 14.0. The van der Waals surface area contributed by atoms with Crippen LogP contribution in [0, 0.1) is 6.92 Å². The van der Waals surface area contributed by atoms with E-state index in [0.717, 1.165) is 5.56 Å². The fourth-order valence-corrected chi connectivity index (χ4v) is 1.85. The van der Waals surface area contributed by atoms with Crippen LogP contribution in [0.3, 0.4) is 0 Å². The number of ether oxygens (including phenoxy) is 1. The van der Waals surface area contributed by atoms with Crippen LogP contribution in [0.2, 0.25) is 0 Å². The smallest absolute Gasteiger partial charge is 0.405 e. The molecule has 2 aromatic carbocycles. The second-order valence-corrected chi connectivity index (χ2v) is 4.12. The molecular formula is C14H12F3NO. The van der Waals surface area contributed by atoms with Gasteiger partial charge >= 0.3 is 6.36 Å². The molecule has 0 aliphatic rings. The number of halogens is 3. The predicted molar refractivity (Wildman–Crippen MR) is 67.7 cm³/mol. The minimum absolute atomic E-state index is 0.254. The molecule has 0 atom stereocenters. The van der Waals surface area contributed by atoms with Gasteiger partial charge in [0, 0.05) is 11.3 Å². The van der Waals surface area contributed by atoms with E-state index < -0.39 is 6.36 Å². The summed E-state index contributed by atoms with van der Waals surface area (Å²) in [5.74, 6) is -0.254. The van der Waals surface area contributed by atoms with E-state index in [0.29, 0.717) is 16.8 Å². The van der Waals surface area contributed by atoms with Gasteiger partial charge in [0.25, 0.3) is 0 Å². The number of hydrogen-bond donors (Lipinski definition) is 1. The largest absolute Gasteiger partial charge is 0.573 e. The fraction of sp³-hybridized carbons (Fsp3) is 0.143. The molecule has 0 saturated carbocycles. The monoisotopic (exact) mass is 267 g/mol. The molecule has 0 aliphatic heterocycles. The van der Waals surface area contributed by atoms with Gasteiger partial charge in [-0.3, -0.25) is 0 Å². The van der Waals surface area contributed by atoms with Crippen molar-refractivity contribution < 1.29 is 17.9 Å². The Morgan fingerprint density at radius 2 is 1.68 bits per heavy atom. The van der Waals surface area contributed by atoms with Crippen molar-refractivity contribution in [3.8, 4) is 16.9 Å². The summed E-state index contributed by atoms with van der Waals surface area (Å²) in [7, 11) is 0. The number of nitrogens with two attached hydrogens (primary N) is 1. The van der Waals surface area contributed by atoms with Crippen LogP contribution in [-0.4, -0.2) is 6.36 Å². The van der Waals surface area contributed by atoms with Crippen molar-refractivity contribution in [2.24, 2.45) is 0 Å². The molecule has 2 N–H and O–H groups in total. The van der Waals surface area contributed by atoms with Crippen LogP contribution >= 0.6 is 0 Å². The van der Waals surface area contributed by atoms with Crippen LogP contribution in [0.5, 0.6) is 5.75 Å². The molecule has 0 heterocycles. The quantitative estimate of drug-likeness (QED) is 0.830. The van der Waals surface area contributed by atoms with Gasteiger partial charge < -0.3 is 10.5 Å². The molecule has 5 heteroatoms. The van der Waals surface area contributed by atoms with Crippen molar-refractivity contribution in [3.05, 3.63) is 48.0 Å². The third kappa shape index (κ3) is 3.19. The van der Waals surface area contributed by atoms with Crippen molar-refractivity contribution in [1.82, 2.24) is 0 Å². The van der Waals surface area contributed by atoms with Crippen LogP contribution < -0.4 is 10.5 Å². The number of anilines is 1. The lowest BCUT2D eigenvalue weighted by Gasteiger charge is -2.15. The van der Waals surface area contributed by atoms with Crippen molar-refractivity contribution >= 4 is 5.69 Å². The summed E-state index contributed by atoms with van der Waals surface area (Å²) in [5.41, 5.74) is 7.86. The molecule has 0 radical (unpaired) electrons. The highest BCUT2D eigenvalue weighted by atomic mass is 19.4. The molecule has 2 rings (SSSR count). The SMILES string of the molecule is Cc1ccccc1-c1cc(N)ccc1OC(F)(F)F. The topological polar surface area (TPSA) is 35.2 Å². The van der Waals surface area contributed by atoms with Crippen molar-refractivity contribution in [2.75, 3.05) is 5.73 Å². The summed E-state index contributed by atoms with van der Waals surface area (Å²) in [5, 5.41) is 0. The molecular weight excluding hydrogens is 255 g/mol. The average molecular weight is 267 g/mol. The van der Waals surface area contributed by atoms with Crippen LogP contribution in [-0.2, 0) is 0 Å². The lowest BCUT2D eigenvalue weighted by molar-refractivity contribution is -0.274. The van der Waals surface area contributed by atoms with E-state index in [2.05, 4.69) is 4.74 Å². The van der Waals surface area contributed by atoms with Gasteiger partial charge in [-0.2, -0.15) is 0 Å². The number of rotatable bonds is 2. The van der Waals surface area contributed by atoms with E-state index in [4.69, 9.17) is 5.73 Å². The van der Waals surface area contributed by atoms with Gasteiger partial charge in [-0.1, -0.05) is 24.3 Å². The Labute approximate surface area is 108 Å². The molecule has 2 aromatic rings. The summed E-state index contributed by atoms with van der Waals surface area (Å²) >= 11 is 0. The molecule has 0 fully saturated rings.